The van der Waals surface area contributed by atoms with Crippen molar-refractivity contribution < 1.29 is 9.90 Å². The van der Waals surface area contributed by atoms with Gasteiger partial charge in [0.25, 0.3) is 0 Å². The Morgan fingerprint density at radius 3 is 2.33 bits per heavy atom. The maximum absolute atomic E-state index is 11.1. The number of amides is 1. The summed E-state index contributed by atoms with van der Waals surface area (Å²) >= 11 is 0. The number of phenols is 1. The molecule has 0 radical (unpaired) electrons. The number of guanidine groups is 1. The summed E-state index contributed by atoms with van der Waals surface area (Å²) in [5.74, 6) is 1.16. The number of carbonyl (C=O) groups is 1. The van der Waals surface area contributed by atoms with Gasteiger partial charge < -0.3 is 25.5 Å². The fraction of sp³-hybridized carbons (Fsp3) is 0.364. The highest BCUT2D eigenvalue weighted by molar-refractivity contribution is 14.0. The van der Waals surface area contributed by atoms with E-state index in [1.807, 2.05) is 42.5 Å². The van der Waals surface area contributed by atoms with E-state index in [-0.39, 0.29) is 29.9 Å². The molecule has 0 atom stereocenters. The molecule has 0 spiro atoms. The van der Waals surface area contributed by atoms with Gasteiger partial charge in [-0.1, -0.05) is 24.3 Å². The van der Waals surface area contributed by atoms with Gasteiger partial charge in [0.1, 0.15) is 5.75 Å². The summed E-state index contributed by atoms with van der Waals surface area (Å²) in [6, 6.07) is 15.4. The van der Waals surface area contributed by atoms with Crippen molar-refractivity contribution in [2.45, 2.75) is 13.3 Å². The third-order valence-electron chi connectivity index (χ3n) is 4.98. The summed E-state index contributed by atoms with van der Waals surface area (Å²) in [5, 5.41) is 16.3. The average molecular weight is 523 g/mol. The molecule has 8 heteroatoms. The van der Waals surface area contributed by atoms with Crippen LogP contribution in [0.5, 0.6) is 5.75 Å². The van der Waals surface area contributed by atoms with Gasteiger partial charge in [-0.25, -0.2) is 0 Å². The SMILES string of the molecule is CN=C(NCCc1ccc(NC(C)=O)cc1)N1CCN(c2ccccc2O)CC1.I. The fourth-order valence-corrected chi connectivity index (χ4v) is 3.50. The molecular weight excluding hydrogens is 493 g/mol. The Morgan fingerprint density at radius 1 is 1.07 bits per heavy atom. The predicted molar refractivity (Wildman–Crippen MR) is 133 cm³/mol. The minimum atomic E-state index is -0.0641. The standard InChI is InChI=1S/C22H29N5O2.HI/c1-17(28)25-19-9-7-18(8-10-19)11-12-24-22(23-2)27-15-13-26(14-16-27)20-5-3-4-6-21(20)29;/h3-10,29H,11-16H2,1-2H3,(H,23,24)(H,25,28);1H. The van der Waals surface area contributed by atoms with Crippen molar-refractivity contribution >= 4 is 47.2 Å². The smallest absolute Gasteiger partial charge is 0.221 e. The van der Waals surface area contributed by atoms with Crippen molar-refractivity contribution in [1.82, 2.24) is 10.2 Å². The molecule has 0 aliphatic carbocycles. The van der Waals surface area contributed by atoms with E-state index in [0.29, 0.717) is 5.75 Å². The molecule has 3 rings (SSSR count). The molecule has 0 saturated carbocycles. The topological polar surface area (TPSA) is 80.2 Å². The van der Waals surface area contributed by atoms with Crippen molar-refractivity contribution in [1.29, 1.82) is 0 Å². The van der Waals surface area contributed by atoms with E-state index < -0.39 is 0 Å². The van der Waals surface area contributed by atoms with Crippen LogP contribution in [0.1, 0.15) is 12.5 Å². The molecule has 2 aromatic carbocycles. The fourth-order valence-electron chi connectivity index (χ4n) is 3.50. The number of aliphatic imine (C=N–C) groups is 1. The Hall–Kier alpha value is -2.49. The molecule has 1 aliphatic heterocycles. The first kappa shape index (κ1) is 23.8. The number of hydrogen-bond donors (Lipinski definition) is 3. The van der Waals surface area contributed by atoms with Gasteiger partial charge in [-0.2, -0.15) is 0 Å². The molecule has 1 fully saturated rings. The molecule has 3 N–H and O–H groups in total. The second-order valence-corrected chi connectivity index (χ2v) is 7.06. The Balaban J connectivity index is 0.00000320. The molecule has 1 amide bonds. The highest BCUT2D eigenvalue weighted by atomic mass is 127. The predicted octanol–water partition coefficient (Wildman–Crippen LogP) is 2.91. The Kier molecular flexibility index (Phi) is 9.22. The van der Waals surface area contributed by atoms with Gasteiger partial charge in [0, 0.05) is 52.4 Å². The number of carbonyl (C=O) groups excluding carboxylic acids is 1. The molecule has 162 valence electrons. The lowest BCUT2D eigenvalue weighted by Gasteiger charge is -2.37. The van der Waals surface area contributed by atoms with Crippen molar-refractivity contribution in [3.8, 4) is 5.75 Å². The highest BCUT2D eigenvalue weighted by Gasteiger charge is 2.21. The molecule has 0 unspecified atom stereocenters. The Labute approximate surface area is 195 Å². The summed E-state index contributed by atoms with van der Waals surface area (Å²) in [4.78, 5) is 20.0. The lowest BCUT2D eigenvalue weighted by atomic mass is 10.1. The molecule has 1 aliphatic rings. The number of hydrogen-bond acceptors (Lipinski definition) is 4. The lowest BCUT2D eigenvalue weighted by Crippen LogP contribution is -2.52. The number of anilines is 2. The summed E-state index contributed by atoms with van der Waals surface area (Å²) < 4.78 is 0. The van der Waals surface area contributed by atoms with Gasteiger partial charge >= 0.3 is 0 Å². The number of aromatic hydroxyl groups is 1. The number of para-hydroxylation sites is 2. The number of nitrogens with one attached hydrogen (secondary N) is 2. The third-order valence-corrected chi connectivity index (χ3v) is 4.98. The lowest BCUT2D eigenvalue weighted by molar-refractivity contribution is -0.114. The van der Waals surface area contributed by atoms with Crippen LogP contribution in [0.3, 0.4) is 0 Å². The van der Waals surface area contributed by atoms with Crippen LogP contribution >= 0.6 is 24.0 Å². The van der Waals surface area contributed by atoms with Gasteiger partial charge in [0.05, 0.1) is 5.69 Å². The summed E-state index contributed by atoms with van der Waals surface area (Å²) in [6.07, 6.45) is 0.872. The zero-order valence-electron chi connectivity index (χ0n) is 17.5. The van der Waals surface area contributed by atoms with Crippen LogP contribution in [0.15, 0.2) is 53.5 Å². The largest absolute Gasteiger partial charge is 0.506 e. The van der Waals surface area contributed by atoms with Crippen LogP contribution in [0.2, 0.25) is 0 Å². The first-order chi connectivity index (χ1) is 14.1. The van der Waals surface area contributed by atoms with Crippen LogP contribution in [-0.4, -0.2) is 61.6 Å². The Bertz CT molecular complexity index is 849. The molecular formula is C22H30IN5O2. The maximum atomic E-state index is 11.1. The van der Waals surface area contributed by atoms with Crippen molar-refractivity contribution in [3.63, 3.8) is 0 Å². The van der Waals surface area contributed by atoms with E-state index in [0.717, 1.165) is 56.5 Å². The first-order valence-electron chi connectivity index (χ1n) is 9.92. The number of phenolic OH excluding ortho intramolecular Hbond substituents is 1. The van der Waals surface area contributed by atoms with Gasteiger partial charge in [0.2, 0.25) is 5.91 Å². The maximum Gasteiger partial charge on any atom is 0.221 e. The second-order valence-electron chi connectivity index (χ2n) is 7.06. The van der Waals surface area contributed by atoms with Crippen LogP contribution in [0, 0.1) is 0 Å². The quantitative estimate of drug-likeness (QED) is 0.319. The zero-order valence-corrected chi connectivity index (χ0v) is 19.8. The van der Waals surface area contributed by atoms with E-state index in [2.05, 4.69) is 25.4 Å². The molecule has 0 aromatic heterocycles. The second kappa shape index (κ2) is 11.6. The zero-order chi connectivity index (χ0) is 20.6. The van der Waals surface area contributed by atoms with Crippen LogP contribution in [-0.2, 0) is 11.2 Å². The number of halogens is 1. The van der Waals surface area contributed by atoms with E-state index in [4.69, 9.17) is 0 Å². The summed E-state index contributed by atoms with van der Waals surface area (Å²) in [6.45, 7) is 5.66. The van der Waals surface area contributed by atoms with Crippen LogP contribution < -0.4 is 15.5 Å². The number of rotatable bonds is 5. The third kappa shape index (κ3) is 6.51. The molecule has 2 aromatic rings. The molecule has 0 bridgehead atoms. The molecule has 7 nitrogen and oxygen atoms in total. The van der Waals surface area contributed by atoms with Crippen molar-refractivity contribution in [2.75, 3.05) is 50.0 Å². The van der Waals surface area contributed by atoms with Gasteiger partial charge in [0.15, 0.2) is 5.96 Å². The molecule has 1 heterocycles. The highest BCUT2D eigenvalue weighted by Crippen LogP contribution is 2.27. The van der Waals surface area contributed by atoms with E-state index in [9.17, 15) is 9.90 Å². The summed E-state index contributed by atoms with van der Waals surface area (Å²) in [7, 11) is 1.81. The number of piperazine rings is 1. The normalized spacial score (nSPS) is 14.1. The molecule has 30 heavy (non-hydrogen) atoms. The average Bonchev–Trinajstić information content (AvgIpc) is 2.73. The van der Waals surface area contributed by atoms with Gasteiger partial charge in [-0.3, -0.25) is 9.79 Å². The van der Waals surface area contributed by atoms with Crippen LogP contribution in [0.4, 0.5) is 11.4 Å². The van der Waals surface area contributed by atoms with Gasteiger partial charge in [-0.15, -0.1) is 24.0 Å². The monoisotopic (exact) mass is 523 g/mol. The first-order valence-corrected chi connectivity index (χ1v) is 9.92. The Morgan fingerprint density at radius 2 is 1.73 bits per heavy atom. The van der Waals surface area contributed by atoms with E-state index in [1.54, 1.807) is 13.1 Å². The summed E-state index contributed by atoms with van der Waals surface area (Å²) in [5.41, 5.74) is 2.90. The van der Waals surface area contributed by atoms with Crippen molar-refractivity contribution in [2.24, 2.45) is 4.99 Å². The van der Waals surface area contributed by atoms with E-state index in [1.165, 1.54) is 12.5 Å². The number of benzene rings is 2. The number of nitrogens with zero attached hydrogens (tertiary/aromatic N) is 3. The molecule has 1 saturated heterocycles. The minimum Gasteiger partial charge on any atom is -0.506 e. The van der Waals surface area contributed by atoms with Crippen molar-refractivity contribution in [3.05, 3.63) is 54.1 Å². The van der Waals surface area contributed by atoms with Crippen LogP contribution in [0.25, 0.3) is 0 Å². The van der Waals surface area contributed by atoms with E-state index >= 15 is 0 Å². The van der Waals surface area contributed by atoms with Gasteiger partial charge in [-0.05, 0) is 36.2 Å². The minimum absolute atomic E-state index is 0.